The van der Waals surface area contributed by atoms with Gasteiger partial charge in [-0.3, -0.25) is 0 Å². The van der Waals surface area contributed by atoms with Crippen molar-refractivity contribution in [3.8, 4) is 0 Å². The molecule has 0 saturated carbocycles. The smallest absolute Gasteiger partial charge is 0.125 e. The third kappa shape index (κ3) is 2.60. The van der Waals surface area contributed by atoms with E-state index in [1.54, 1.807) is 6.26 Å². The third-order valence-corrected chi connectivity index (χ3v) is 2.18. The summed E-state index contributed by atoms with van der Waals surface area (Å²) >= 11 is 0. The SMILES string of the molecule is C1=COC(COCc2ccccc2)C1. The average molecular weight is 190 g/mol. The predicted octanol–water partition coefficient (Wildman–Crippen LogP) is 2.51. The monoisotopic (exact) mass is 190 g/mol. The lowest BCUT2D eigenvalue weighted by atomic mass is 10.2. The van der Waals surface area contributed by atoms with Gasteiger partial charge in [0.1, 0.15) is 6.10 Å². The maximum absolute atomic E-state index is 5.54. The quantitative estimate of drug-likeness (QED) is 0.726. The summed E-state index contributed by atoms with van der Waals surface area (Å²) in [5, 5.41) is 0. The summed E-state index contributed by atoms with van der Waals surface area (Å²) in [5.74, 6) is 0. The Kier molecular flexibility index (Phi) is 3.19. The normalized spacial score (nSPS) is 19.6. The Bertz CT molecular complexity index is 284. The van der Waals surface area contributed by atoms with Gasteiger partial charge in [-0.2, -0.15) is 0 Å². The van der Waals surface area contributed by atoms with E-state index in [-0.39, 0.29) is 6.10 Å². The first-order chi connectivity index (χ1) is 6.95. The van der Waals surface area contributed by atoms with Crippen molar-refractivity contribution in [3.63, 3.8) is 0 Å². The van der Waals surface area contributed by atoms with Crippen LogP contribution in [-0.2, 0) is 16.1 Å². The highest BCUT2D eigenvalue weighted by molar-refractivity contribution is 5.13. The molecule has 0 bridgehead atoms. The van der Waals surface area contributed by atoms with Gasteiger partial charge >= 0.3 is 0 Å². The summed E-state index contributed by atoms with van der Waals surface area (Å²) in [6.07, 6.45) is 4.96. The fraction of sp³-hybridized carbons (Fsp3) is 0.333. The minimum absolute atomic E-state index is 0.221. The van der Waals surface area contributed by atoms with Crippen molar-refractivity contribution in [1.82, 2.24) is 0 Å². The van der Waals surface area contributed by atoms with Crippen LogP contribution < -0.4 is 0 Å². The first-order valence-corrected chi connectivity index (χ1v) is 4.87. The minimum Gasteiger partial charge on any atom is -0.496 e. The van der Waals surface area contributed by atoms with Crippen molar-refractivity contribution in [2.24, 2.45) is 0 Å². The molecule has 14 heavy (non-hydrogen) atoms. The van der Waals surface area contributed by atoms with Crippen LogP contribution in [0.15, 0.2) is 42.7 Å². The molecule has 1 atom stereocenters. The highest BCUT2D eigenvalue weighted by Gasteiger charge is 2.10. The van der Waals surface area contributed by atoms with Gasteiger partial charge < -0.3 is 9.47 Å². The van der Waals surface area contributed by atoms with Crippen molar-refractivity contribution in [2.75, 3.05) is 6.61 Å². The number of hydrogen-bond donors (Lipinski definition) is 0. The highest BCUT2D eigenvalue weighted by Crippen LogP contribution is 2.10. The Morgan fingerprint density at radius 1 is 1.29 bits per heavy atom. The van der Waals surface area contributed by atoms with Gasteiger partial charge in [-0.25, -0.2) is 0 Å². The Hall–Kier alpha value is -1.28. The molecule has 1 aromatic rings. The van der Waals surface area contributed by atoms with Gasteiger partial charge in [0.2, 0.25) is 0 Å². The van der Waals surface area contributed by atoms with Gasteiger partial charge in [-0.05, 0) is 11.6 Å². The van der Waals surface area contributed by atoms with E-state index in [0.717, 1.165) is 6.42 Å². The molecule has 1 aromatic carbocycles. The minimum atomic E-state index is 0.221. The molecule has 2 rings (SSSR count). The molecular weight excluding hydrogens is 176 g/mol. The molecule has 74 valence electrons. The second-order valence-corrected chi connectivity index (χ2v) is 3.37. The second kappa shape index (κ2) is 4.82. The van der Waals surface area contributed by atoms with E-state index in [1.807, 2.05) is 24.3 Å². The van der Waals surface area contributed by atoms with Gasteiger partial charge in [0, 0.05) is 6.42 Å². The lowest BCUT2D eigenvalue weighted by molar-refractivity contribution is 0.0310. The number of benzene rings is 1. The van der Waals surface area contributed by atoms with E-state index in [0.29, 0.717) is 13.2 Å². The van der Waals surface area contributed by atoms with Crippen LogP contribution in [-0.4, -0.2) is 12.7 Å². The fourth-order valence-corrected chi connectivity index (χ4v) is 1.42. The zero-order valence-corrected chi connectivity index (χ0v) is 8.06. The van der Waals surface area contributed by atoms with E-state index in [9.17, 15) is 0 Å². The molecule has 0 saturated heterocycles. The molecule has 0 N–H and O–H groups in total. The van der Waals surface area contributed by atoms with Crippen LogP contribution in [0.1, 0.15) is 12.0 Å². The first kappa shape index (κ1) is 9.28. The summed E-state index contributed by atoms with van der Waals surface area (Å²) in [7, 11) is 0. The van der Waals surface area contributed by atoms with Crippen molar-refractivity contribution in [3.05, 3.63) is 48.2 Å². The average Bonchev–Trinajstić information content (AvgIpc) is 2.72. The summed E-state index contributed by atoms with van der Waals surface area (Å²) in [6.45, 7) is 1.34. The van der Waals surface area contributed by atoms with Gasteiger partial charge in [0.05, 0.1) is 19.5 Å². The highest BCUT2D eigenvalue weighted by atomic mass is 16.5. The van der Waals surface area contributed by atoms with Gasteiger partial charge in [-0.15, -0.1) is 0 Å². The van der Waals surface area contributed by atoms with Gasteiger partial charge in [0.15, 0.2) is 0 Å². The van der Waals surface area contributed by atoms with E-state index < -0.39 is 0 Å². The second-order valence-electron chi connectivity index (χ2n) is 3.37. The van der Waals surface area contributed by atoms with Crippen LogP contribution in [0.2, 0.25) is 0 Å². The molecule has 2 heteroatoms. The van der Waals surface area contributed by atoms with Crippen molar-refractivity contribution in [2.45, 2.75) is 19.1 Å². The largest absolute Gasteiger partial charge is 0.496 e. The molecular formula is C12H14O2. The predicted molar refractivity (Wildman–Crippen MR) is 54.7 cm³/mol. The molecule has 1 aliphatic rings. The molecule has 1 unspecified atom stereocenters. The summed E-state index contributed by atoms with van der Waals surface area (Å²) in [5.41, 5.74) is 1.21. The maximum atomic E-state index is 5.54. The molecule has 0 spiro atoms. The van der Waals surface area contributed by atoms with E-state index >= 15 is 0 Å². The van der Waals surface area contributed by atoms with Crippen molar-refractivity contribution >= 4 is 0 Å². The molecule has 1 aliphatic heterocycles. The Balaban J connectivity index is 1.68. The number of ether oxygens (including phenoxy) is 2. The molecule has 2 nitrogen and oxygen atoms in total. The molecule has 0 aliphatic carbocycles. The van der Waals surface area contributed by atoms with Gasteiger partial charge in [0.25, 0.3) is 0 Å². The molecule has 0 radical (unpaired) electrons. The van der Waals surface area contributed by atoms with Crippen LogP contribution in [0, 0.1) is 0 Å². The lowest BCUT2D eigenvalue weighted by Crippen LogP contribution is -2.13. The summed E-state index contributed by atoms with van der Waals surface area (Å²) < 4.78 is 10.8. The third-order valence-electron chi connectivity index (χ3n) is 2.18. The Labute approximate surface area is 84.2 Å². The van der Waals surface area contributed by atoms with Crippen molar-refractivity contribution < 1.29 is 9.47 Å². The zero-order chi connectivity index (χ0) is 9.64. The van der Waals surface area contributed by atoms with E-state index in [2.05, 4.69) is 12.1 Å². The topological polar surface area (TPSA) is 18.5 Å². The van der Waals surface area contributed by atoms with Crippen LogP contribution in [0.4, 0.5) is 0 Å². The molecule has 1 heterocycles. The number of rotatable bonds is 4. The van der Waals surface area contributed by atoms with Crippen molar-refractivity contribution in [1.29, 1.82) is 0 Å². The summed E-state index contributed by atoms with van der Waals surface area (Å²) in [4.78, 5) is 0. The lowest BCUT2D eigenvalue weighted by Gasteiger charge is -2.10. The summed E-state index contributed by atoms with van der Waals surface area (Å²) in [6, 6.07) is 10.2. The van der Waals surface area contributed by atoms with Crippen LogP contribution in [0.25, 0.3) is 0 Å². The molecule has 0 fully saturated rings. The van der Waals surface area contributed by atoms with Crippen LogP contribution >= 0.6 is 0 Å². The van der Waals surface area contributed by atoms with E-state index in [1.165, 1.54) is 5.56 Å². The first-order valence-electron chi connectivity index (χ1n) is 4.87. The zero-order valence-electron chi connectivity index (χ0n) is 8.06. The molecule has 0 aromatic heterocycles. The van der Waals surface area contributed by atoms with Crippen LogP contribution in [0.5, 0.6) is 0 Å². The van der Waals surface area contributed by atoms with Gasteiger partial charge in [-0.1, -0.05) is 30.3 Å². The molecule has 0 amide bonds. The standard InChI is InChI=1S/C12H14O2/c1-2-5-11(6-3-1)9-13-10-12-7-4-8-14-12/h1-6,8,12H,7,9-10H2. The van der Waals surface area contributed by atoms with Crippen LogP contribution in [0.3, 0.4) is 0 Å². The maximum Gasteiger partial charge on any atom is 0.125 e. The fourth-order valence-electron chi connectivity index (χ4n) is 1.42. The number of hydrogen-bond acceptors (Lipinski definition) is 2. The van der Waals surface area contributed by atoms with E-state index in [4.69, 9.17) is 9.47 Å². The Morgan fingerprint density at radius 2 is 2.14 bits per heavy atom. The Morgan fingerprint density at radius 3 is 2.86 bits per heavy atom.